The molecule has 1 aromatic heterocycles. The van der Waals surface area contributed by atoms with Gasteiger partial charge in [0.15, 0.2) is 9.84 Å². The van der Waals surface area contributed by atoms with Crippen molar-refractivity contribution in [3.8, 4) is 0 Å². The van der Waals surface area contributed by atoms with Crippen LogP contribution in [0.4, 0.5) is 0 Å². The Balaban J connectivity index is 1.30. The third kappa shape index (κ3) is 8.78. The second-order valence-corrected chi connectivity index (χ2v) is 18.4. The predicted molar refractivity (Wildman–Crippen MR) is 198 cm³/mol. The third-order valence-electron chi connectivity index (χ3n) is 11.9. The molecule has 17 heteroatoms. The Morgan fingerprint density at radius 3 is 2.25 bits per heavy atom. The number of likely N-dealkylation sites (tertiary alicyclic amines) is 1. The van der Waals surface area contributed by atoms with Crippen LogP contribution in [0.15, 0.2) is 35.4 Å². The number of sulfone groups is 1. The Hall–Kier alpha value is -4.22. The minimum Gasteiger partial charge on any atom is -0.384 e. The van der Waals surface area contributed by atoms with Crippen molar-refractivity contribution in [3.05, 3.63) is 41.7 Å². The summed E-state index contributed by atoms with van der Waals surface area (Å²) in [5.41, 5.74) is 2.99. The number of carbonyl (C=O) groups is 5. The van der Waals surface area contributed by atoms with Gasteiger partial charge in [0.05, 0.1) is 28.1 Å². The fraction of sp³-hybridized carbons (Fsp3) is 0.658. The van der Waals surface area contributed by atoms with Gasteiger partial charge in [-0.1, -0.05) is 50.2 Å². The van der Waals surface area contributed by atoms with Gasteiger partial charge in [0, 0.05) is 44.6 Å². The van der Waals surface area contributed by atoms with E-state index in [4.69, 9.17) is 10.5 Å². The van der Waals surface area contributed by atoms with E-state index < -0.39 is 73.8 Å². The van der Waals surface area contributed by atoms with E-state index in [0.29, 0.717) is 25.0 Å². The Labute approximate surface area is 321 Å². The third-order valence-corrected chi connectivity index (χ3v) is 14.1. The second kappa shape index (κ2) is 16.5. The van der Waals surface area contributed by atoms with E-state index in [2.05, 4.69) is 20.9 Å². The smallest absolute Gasteiger partial charge is 0.287 e. The number of nitrogens with one attached hydrogen (secondary N) is 2. The Bertz CT molecular complexity index is 1860. The molecular weight excluding hydrogens is 731 g/mol. The van der Waals surface area contributed by atoms with Gasteiger partial charge in [-0.2, -0.15) is 0 Å². The molecule has 4 fully saturated rings. The number of ether oxygens (including phenoxy) is 1. The van der Waals surface area contributed by atoms with Crippen LogP contribution in [-0.2, 0) is 39.4 Å². The molecule has 4 aliphatic rings. The maximum absolute atomic E-state index is 14.8. The summed E-state index contributed by atoms with van der Waals surface area (Å²) in [5.74, 6) is -3.79. The zero-order valence-electron chi connectivity index (χ0n) is 31.6. The van der Waals surface area contributed by atoms with E-state index in [-0.39, 0.29) is 55.4 Å². The SMILES string of the molecule is CC(C)(O)c1cnnn1[C@H]1C[C@@H](C(=O)NC2(C(=O)C(N)=O)CCOCC2)N(C(=O)C(CC2CCCCC2)NC(=O)c2ccc(S(=O)(=O)C3CCCC3)cc2)C1. The van der Waals surface area contributed by atoms with Crippen molar-refractivity contribution < 1.29 is 42.2 Å². The van der Waals surface area contributed by atoms with Crippen LogP contribution in [0.3, 0.4) is 0 Å². The van der Waals surface area contributed by atoms with E-state index in [1.54, 1.807) is 13.8 Å². The Morgan fingerprint density at radius 2 is 1.64 bits per heavy atom. The zero-order chi connectivity index (χ0) is 39.5. The summed E-state index contributed by atoms with van der Waals surface area (Å²) in [7, 11) is -3.54. The maximum atomic E-state index is 14.8. The van der Waals surface area contributed by atoms with Crippen LogP contribution >= 0.6 is 0 Å². The lowest BCUT2D eigenvalue weighted by Gasteiger charge is -2.37. The number of rotatable bonds is 13. The molecule has 55 heavy (non-hydrogen) atoms. The monoisotopic (exact) mass is 783 g/mol. The van der Waals surface area contributed by atoms with Crippen molar-refractivity contribution in [2.75, 3.05) is 19.8 Å². The lowest BCUT2D eigenvalue weighted by Crippen LogP contribution is -2.64. The molecule has 3 atom stereocenters. The van der Waals surface area contributed by atoms with Crippen molar-refractivity contribution in [2.45, 2.75) is 137 Å². The summed E-state index contributed by atoms with van der Waals surface area (Å²) in [5, 5.41) is 24.3. The quantitative estimate of drug-likeness (QED) is 0.214. The molecule has 2 aliphatic carbocycles. The van der Waals surface area contributed by atoms with Gasteiger partial charge in [-0.25, -0.2) is 13.1 Å². The number of nitrogens with zero attached hydrogens (tertiary/aromatic N) is 4. The van der Waals surface area contributed by atoms with E-state index >= 15 is 0 Å². The number of carbonyl (C=O) groups excluding carboxylic acids is 5. The molecule has 2 saturated heterocycles. The van der Waals surface area contributed by atoms with Crippen LogP contribution in [0, 0.1) is 5.92 Å². The number of benzene rings is 1. The van der Waals surface area contributed by atoms with Gasteiger partial charge in [0.25, 0.3) is 11.8 Å². The molecule has 1 unspecified atom stereocenters. The first-order valence-corrected chi connectivity index (χ1v) is 21.0. The standard InChI is InChI=1S/C38H53N7O9S/c1-37(2,51)31-22-40-43-45(31)26-21-30(35(49)42-38(32(46)33(39)47)16-18-54-19-17-38)44(23-26)36(50)29(20-24-8-4-3-5-9-24)41-34(48)25-12-14-28(15-13-25)55(52,53)27-10-6-7-11-27/h12-15,22,24,26-27,29-30,51H,3-11,16-21,23H2,1-2H3,(H2,39,47)(H,41,48)(H,42,49)/t26-,29?,30-/m0/s1. The van der Waals surface area contributed by atoms with Gasteiger partial charge in [0.2, 0.25) is 17.6 Å². The topological polar surface area (TPSA) is 233 Å². The predicted octanol–water partition coefficient (Wildman–Crippen LogP) is 1.85. The van der Waals surface area contributed by atoms with Crippen LogP contribution in [-0.4, -0.2) is 105 Å². The highest BCUT2D eigenvalue weighted by Gasteiger charge is 2.49. The lowest BCUT2D eigenvalue weighted by atomic mass is 9.84. The number of primary amides is 1. The van der Waals surface area contributed by atoms with Gasteiger partial charge in [-0.05, 0) is 63.3 Å². The van der Waals surface area contributed by atoms with E-state index in [0.717, 1.165) is 44.9 Å². The molecule has 16 nitrogen and oxygen atoms in total. The van der Waals surface area contributed by atoms with Crippen LogP contribution in [0.25, 0.3) is 0 Å². The molecular formula is C38H53N7O9S. The number of hydrogen-bond acceptors (Lipinski definition) is 11. The van der Waals surface area contributed by atoms with Crippen LogP contribution in [0.5, 0.6) is 0 Å². The first kappa shape index (κ1) is 40.4. The summed E-state index contributed by atoms with van der Waals surface area (Å²) in [6, 6.07) is 2.93. The minimum atomic E-state index is -3.54. The normalized spacial score (nSPS) is 22.9. The van der Waals surface area contributed by atoms with Gasteiger partial charge in [-0.3, -0.25) is 24.0 Å². The van der Waals surface area contributed by atoms with Crippen molar-refractivity contribution in [1.29, 1.82) is 0 Å². The summed E-state index contributed by atoms with van der Waals surface area (Å²) in [4.78, 5) is 69.9. The minimum absolute atomic E-state index is 0.0116. The molecule has 0 spiro atoms. The first-order valence-electron chi connectivity index (χ1n) is 19.4. The fourth-order valence-electron chi connectivity index (χ4n) is 8.72. The molecule has 3 heterocycles. The molecule has 2 aliphatic heterocycles. The lowest BCUT2D eigenvalue weighted by molar-refractivity contribution is -0.147. The van der Waals surface area contributed by atoms with Crippen LogP contribution in [0.2, 0.25) is 0 Å². The number of nitrogens with two attached hydrogens (primary N) is 1. The molecule has 1 aromatic carbocycles. The molecule has 0 bridgehead atoms. The molecule has 5 N–H and O–H groups in total. The van der Waals surface area contributed by atoms with Crippen molar-refractivity contribution in [2.24, 2.45) is 11.7 Å². The molecule has 4 amide bonds. The molecule has 2 aromatic rings. The molecule has 300 valence electrons. The number of amides is 4. The average Bonchev–Trinajstić information content (AvgIpc) is 3.97. The van der Waals surface area contributed by atoms with E-state index in [9.17, 15) is 37.5 Å². The average molecular weight is 784 g/mol. The first-order chi connectivity index (χ1) is 26.1. The summed E-state index contributed by atoms with van der Waals surface area (Å²) >= 11 is 0. The van der Waals surface area contributed by atoms with Crippen LogP contribution in [0.1, 0.15) is 119 Å². The number of hydrogen-bond donors (Lipinski definition) is 4. The van der Waals surface area contributed by atoms with Gasteiger partial charge in [0.1, 0.15) is 23.2 Å². The zero-order valence-corrected chi connectivity index (χ0v) is 32.4. The van der Waals surface area contributed by atoms with Crippen molar-refractivity contribution >= 4 is 39.2 Å². The van der Waals surface area contributed by atoms with Crippen LogP contribution < -0.4 is 16.4 Å². The number of Topliss-reactive ketones (excluding diaryl/α,β-unsaturated/α-hetero) is 1. The Morgan fingerprint density at radius 1 is 1.00 bits per heavy atom. The summed E-state index contributed by atoms with van der Waals surface area (Å²) < 4.78 is 33.3. The highest BCUT2D eigenvalue weighted by atomic mass is 32.2. The highest BCUT2D eigenvalue weighted by molar-refractivity contribution is 7.92. The largest absolute Gasteiger partial charge is 0.384 e. The van der Waals surface area contributed by atoms with E-state index in [1.165, 1.54) is 40.0 Å². The molecule has 6 rings (SSSR count). The second-order valence-electron chi connectivity index (χ2n) is 16.1. The Kier molecular flexibility index (Phi) is 12.1. The van der Waals surface area contributed by atoms with Crippen molar-refractivity contribution in [1.82, 2.24) is 30.5 Å². The maximum Gasteiger partial charge on any atom is 0.287 e. The number of ketones is 1. The van der Waals surface area contributed by atoms with E-state index in [1.807, 2.05) is 0 Å². The van der Waals surface area contributed by atoms with Crippen molar-refractivity contribution in [3.63, 3.8) is 0 Å². The van der Waals surface area contributed by atoms with Gasteiger partial charge >= 0.3 is 0 Å². The molecule has 2 saturated carbocycles. The summed E-state index contributed by atoms with van der Waals surface area (Å²) in [6.07, 6.45) is 9.51. The summed E-state index contributed by atoms with van der Waals surface area (Å²) in [6.45, 7) is 3.31. The van der Waals surface area contributed by atoms with Gasteiger partial charge in [-0.15, -0.1) is 5.10 Å². The fourth-order valence-corrected chi connectivity index (χ4v) is 10.6. The van der Waals surface area contributed by atoms with Gasteiger partial charge < -0.3 is 31.1 Å². The molecule has 0 radical (unpaired) electrons. The number of aromatic nitrogens is 3. The number of aliphatic hydroxyl groups is 1. The highest BCUT2D eigenvalue weighted by Crippen LogP contribution is 2.35.